The molecule has 0 amide bonds. The summed E-state index contributed by atoms with van der Waals surface area (Å²) < 4.78 is 15.1. The van der Waals surface area contributed by atoms with Crippen LogP contribution in [0.1, 0.15) is 18.4 Å². The Morgan fingerprint density at radius 1 is 1.53 bits per heavy atom. The minimum atomic E-state index is -0.804. The van der Waals surface area contributed by atoms with Gasteiger partial charge in [0.1, 0.15) is 6.17 Å². The number of alkyl halides is 1. The van der Waals surface area contributed by atoms with E-state index < -0.39 is 6.17 Å². The fourth-order valence-corrected chi connectivity index (χ4v) is 3.00. The zero-order chi connectivity index (χ0) is 12.3. The monoisotopic (exact) mass is 319 g/mol. The molecule has 0 radical (unpaired) electrons. The highest BCUT2D eigenvalue weighted by Crippen LogP contribution is 2.26. The molecular weight excluding hydrogens is 305 g/mol. The van der Waals surface area contributed by atoms with Crippen LogP contribution >= 0.6 is 27.5 Å². The van der Waals surface area contributed by atoms with Gasteiger partial charge in [-0.05, 0) is 37.1 Å². The summed E-state index contributed by atoms with van der Waals surface area (Å²) in [6.07, 6.45) is 1.65. The fourth-order valence-electron chi connectivity index (χ4n) is 2.25. The summed E-state index contributed by atoms with van der Waals surface area (Å²) >= 11 is 9.45. The average Bonchev–Trinajstić information content (AvgIpc) is 2.34. The third kappa shape index (κ3) is 3.67. The molecule has 1 aliphatic rings. The number of piperidine rings is 1. The van der Waals surface area contributed by atoms with Crippen molar-refractivity contribution in [3.8, 4) is 0 Å². The van der Waals surface area contributed by atoms with Crippen molar-refractivity contribution in [2.24, 2.45) is 5.92 Å². The highest BCUT2D eigenvalue weighted by molar-refractivity contribution is 9.10. The highest BCUT2D eigenvalue weighted by atomic mass is 79.9. The van der Waals surface area contributed by atoms with Crippen LogP contribution in [0.3, 0.4) is 0 Å². The van der Waals surface area contributed by atoms with Crippen LogP contribution in [0, 0.1) is 5.92 Å². The Hall–Kier alpha value is -0.120. The summed E-state index contributed by atoms with van der Waals surface area (Å²) in [4.78, 5) is 0. The third-order valence-corrected chi connectivity index (χ3v) is 4.12. The Kier molecular flexibility index (Phi) is 4.83. The van der Waals surface area contributed by atoms with Gasteiger partial charge in [0.15, 0.2) is 0 Å². The lowest BCUT2D eigenvalue weighted by atomic mass is 9.91. The maximum Gasteiger partial charge on any atom is 0.108 e. The zero-order valence-corrected chi connectivity index (χ0v) is 11.9. The molecule has 1 fully saturated rings. The van der Waals surface area contributed by atoms with Crippen LogP contribution in [-0.2, 0) is 6.42 Å². The predicted molar refractivity (Wildman–Crippen MR) is 73.3 cm³/mol. The molecule has 94 valence electrons. The van der Waals surface area contributed by atoms with Gasteiger partial charge in [0.2, 0.25) is 0 Å². The molecule has 2 unspecified atom stereocenters. The topological polar surface area (TPSA) is 12.0 Å². The Morgan fingerprint density at radius 3 is 3.00 bits per heavy atom. The lowest BCUT2D eigenvalue weighted by Crippen LogP contribution is -2.35. The molecule has 0 spiro atoms. The second-order valence-electron chi connectivity index (χ2n) is 4.56. The first kappa shape index (κ1) is 13.3. The molecule has 2 atom stereocenters. The van der Waals surface area contributed by atoms with Gasteiger partial charge in [0.25, 0.3) is 0 Å². The van der Waals surface area contributed by atoms with E-state index in [4.69, 9.17) is 11.6 Å². The van der Waals surface area contributed by atoms with Crippen molar-refractivity contribution in [3.63, 3.8) is 0 Å². The molecule has 2 rings (SSSR count). The van der Waals surface area contributed by atoms with Gasteiger partial charge in [0.05, 0.1) is 0 Å². The van der Waals surface area contributed by atoms with E-state index in [-0.39, 0.29) is 5.92 Å². The summed E-state index contributed by atoms with van der Waals surface area (Å²) in [6.45, 7) is 1.80. The number of rotatable bonds is 3. The Labute approximate surface area is 115 Å². The minimum Gasteiger partial charge on any atom is -0.316 e. The van der Waals surface area contributed by atoms with Crippen LogP contribution in [0.2, 0.25) is 5.02 Å². The number of hydrogen-bond donors (Lipinski definition) is 1. The van der Waals surface area contributed by atoms with Crippen molar-refractivity contribution in [2.45, 2.75) is 25.4 Å². The van der Waals surface area contributed by atoms with Gasteiger partial charge < -0.3 is 5.32 Å². The van der Waals surface area contributed by atoms with Gasteiger partial charge in [0, 0.05) is 28.4 Å². The molecule has 1 aromatic carbocycles. The van der Waals surface area contributed by atoms with Gasteiger partial charge in [-0.2, -0.15) is 0 Å². The first-order valence-electron chi connectivity index (χ1n) is 5.95. The van der Waals surface area contributed by atoms with Crippen LogP contribution in [0.5, 0.6) is 0 Å². The second kappa shape index (κ2) is 6.17. The Bertz CT molecular complexity index is 380. The van der Waals surface area contributed by atoms with E-state index in [1.165, 1.54) is 0 Å². The van der Waals surface area contributed by atoms with Crippen molar-refractivity contribution in [2.75, 3.05) is 13.1 Å². The number of benzene rings is 1. The smallest absolute Gasteiger partial charge is 0.108 e. The summed E-state index contributed by atoms with van der Waals surface area (Å²) in [5.41, 5.74) is 0.896. The van der Waals surface area contributed by atoms with E-state index >= 15 is 0 Å². The van der Waals surface area contributed by atoms with E-state index in [9.17, 15) is 4.39 Å². The molecule has 4 heteroatoms. The third-order valence-electron chi connectivity index (χ3n) is 3.28. The molecule has 0 bridgehead atoms. The number of halogens is 3. The summed E-state index contributed by atoms with van der Waals surface area (Å²) in [7, 11) is 0. The van der Waals surface area contributed by atoms with Gasteiger partial charge in [-0.3, -0.25) is 0 Å². The van der Waals surface area contributed by atoms with E-state index in [2.05, 4.69) is 21.2 Å². The molecule has 1 N–H and O–H groups in total. The molecule has 1 saturated heterocycles. The van der Waals surface area contributed by atoms with E-state index in [0.29, 0.717) is 11.4 Å². The van der Waals surface area contributed by atoms with Crippen LogP contribution in [-0.4, -0.2) is 19.3 Å². The SMILES string of the molecule is FC(Cc1ccc(Br)cc1Cl)C1CCCNC1. The zero-order valence-electron chi connectivity index (χ0n) is 9.56. The first-order chi connectivity index (χ1) is 8.16. The summed E-state index contributed by atoms with van der Waals surface area (Å²) in [6, 6.07) is 5.63. The summed E-state index contributed by atoms with van der Waals surface area (Å²) in [5.74, 6) is 0.128. The molecule has 0 aromatic heterocycles. The maximum absolute atomic E-state index is 14.1. The van der Waals surface area contributed by atoms with Crippen LogP contribution in [0.25, 0.3) is 0 Å². The Balaban J connectivity index is 1.99. The average molecular weight is 321 g/mol. The van der Waals surface area contributed by atoms with E-state index in [1.807, 2.05) is 18.2 Å². The second-order valence-corrected chi connectivity index (χ2v) is 5.89. The molecule has 1 nitrogen and oxygen atoms in total. The molecule has 17 heavy (non-hydrogen) atoms. The van der Waals surface area contributed by atoms with Crippen LogP contribution < -0.4 is 5.32 Å². The van der Waals surface area contributed by atoms with Crippen molar-refractivity contribution >= 4 is 27.5 Å². The van der Waals surface area contributed by atoms with Gasteiger partial charge in [-0.1, -0.05) is 33.6 Å². The van der Waals surface area contributed by atoms with Gasteiger partial charge in [-0.25, -0.2) is 4.39 Å². The lowest BCUT2D eigenvalue weighted by Gasteiger charge is -2.26. The van der Waals surface area contributed by atoms with Crippen molar-refractivity contribution in [1.29, 1.82) is 0 Å². The molecule has 0 aliphatic carbocycles. The van der Waals surface area contributed by atoms with E-state index in [1.54, 1.807) is 0 Å². The number of nitrogens with one attached hydrogen (secondary N) is 1. The highest BCUT2D eigenvalue weighted by Gasteiger charge is 2.23. The van der Waals surface area contributed by atoms with Crippen LogP contribution in [0.4, 0.5) is 4.39 Å². The summed E-state index contributed by atoms with van der Waals surface area (Å²) in [5, 5.41) is 3.89. The largest absolute Gasteiger partial charge is 0.316 e. The molecule has 1 heterocycles. The van der Waals surface area contributed by atoms with Crippen LogP contribution in [0.15, 0.2) is 22.7 Å². The molecule has 0 saturated carbocycles. The lowest BCUT2D eigenvalue weighted by molar-refractivity contribution is 0.191. The van der Waals surface area contributed by atoms with Gasteiger partial charge in [-0.15, -0.1) is 0 Å². The van der Waals surface area contributed by atoms with Crippen molar-refractivity contribution < 1.29 is 4.39 Å². The first-order valence-corrected chi connectivity index (χ1v) is 7.12. The minimum absolute atomic E-state index is 0.128. The van der Waals surface area contributed by atoms with Crippen molar-refractivity contribution in [3.05, 3.63) is 33.3 Å². The quantitative estimate of drug-likeness (QED) is 0.888. The van der Waals surface area contributed by atoms with Gasteiger partial charge >= 0.3 is 0 Å². The normalized spacial score (nSPS) is 22.4. The maximum atomic E-state index is 14.1. The molecular formula is C13H16BrClFN. The molecule has 1 aromatic rings. The number of hydrogen-bond acceptors (Lipinski definition) is 1. The standard InChI is InChI=1S/C13H16BrClFN/c14-11-4-3-9(12(15)7-11)6-13(16)10-2-1-5-17-8-10/h3-4,7,10,13,17H,1-2,5-6,8H2. The van der Waals surface area contributed by atoms with Crippen molar-refractivity contribution in [1.82, 2.24) is 5.32 Å². The predicted octanol–water partition coefficient (Wildman–Crippen LogP) is 3.98. The molecule has 1 aliphatic heterocycles. The fraction of sp³-hybridized carbons (Fsp3) is 0.538. The van der Waals surface area contributed by atoms with E-state index in [0.717, 1.165) is 36.0 Å². The Morgan fingerprint density at radius 2 is 2.35 bits per heavy atom.